The molecule has 2 aromatic carbocycles. The van der Waals surface area contributed by atoms with Crippen LogP contribution in [0.1, 0.15) is 12.0 Å². The molecule has 0 aromatic heterocycles. The predicted octanol–water partition coefficient (Wildman–Crippen LogP) is 1.71. The highest BCUT2D eigenvalue weighted by molar-refractivity contribution is 7.91. The summed E-state index contributed by atoms with van der Waals surface area (Å²) in [7, 11) is -5.79. The van der Waals surface area contributed by atoms with E-state index in [9.17, 15) is 21.6 Å². The third-order valence-corrected chi connectivity index (χ3v) is 6.86. The Hall–Kier alpha value is -2.23. The second-order valence-electron chi connectivity index (χ2n) is 5.66. The van der Waals surface area contributed by atoms with Gasteiger partial charge >= 0.3 is 0 Å². The van der Waals surface area contributed by atoms with Gasteiger partial charge in [-0.3, -0.25) is 4.79 Å². The molecule has 0 aliphatic heterocycles. The summed E-state index contributed by atoms with van der Waals surface area (Å²) in [4.78, 5) is 12.2. The van der Waals surface area contributed by atoms with Crippen LogP contribution < -0.4 is 10.0 Å². The number of amides is 1. The van der Waals surface area contributed by atoms with E-state index >= 15 is 0 Å². The summed E-state index contributed by atoms with van der Waals surface area (Å²) in [6.07, 6.45) is -0.202. The first kappa shape index (κ1) is 20.1. The van der Waals surface area contributed by atoms with Gasteiger partial charge in [0, 0.05) is 12.1 Å². The van der Waals surface area contributed by atoms with Gasteiger partial charge in [-0.25, -0.2) is 21.6 Å². The van der Waals surface area contributed by atoms with E-state index < -0.39 is 25.8 Å². The molecule has 2 rings (SSSR count). The molecule has 140 valence electrons. The first-order valence-corrected chi connectivity index (χ1v) is 10.9. The van der Waals surface area contributed by atoms with Crippen LogP contribution in [0.2, 0.25) is 0 Å². The Labute approximate surface area is 153 Å². The Balaban J connectivity index is 1.97. The van der Waals surface area contributed by atoms with Crippen molar-refractivity contribution in [3.63, 3.8) is 0 Å². The van der Waals surface area contributed by atoms with Gasteiger partial charge in [-0.15, -0.1) is 0 Å². The Morgan fingerprint density at radius 1 is 0.885 bits per heavy atom. The summed E-state index contributed by atoms with van der Waals surface area (Å²) in [5, 5.41) is 2.55. The maximum absolute atomic E-state index is 12.2. The molecular formula is C17H20N2O5S2. The minimum atomic E-state index is -3.55. The molecule has 0 saturated carbocycles. The molecule has 0 aliphatic rings. The van der Waals surface area contributed by atoms with Gasteiger partial charge in [-0.2, -0.15) is 0 Å². The number of aryl methyl sites for hydroxylation is 1. The lowest BCUT2D eigenvalue weighted by Crippen LogP contribution is -2.19. The molecule has 0 heterocycles. The maximum Gasteiger partial charge on any atom is 0.240 e. The molecule has 0 bridgehead atoms. The number of carbonyl (C=O) groups is 1. The highest BCUT2D eigenvalue weighted by Gasteiger charge is 2.17. The summed E-state index contributed by atoms with van der Waals surface area (Å²) < 4.78 is 49.9. The lowest BCUT2D eigenvalue weighted by Gasteiger charge is -2.08. The summed E-state index contributed by atoms with van der Waals surface area (Å²) in [6, 6.07) is 12.0. The number of benzene rings is 2. The van der Waals surface area contributed by atoms with Crippen molar-refractivity contribution >= 4 is 31.5 Å². The van der Waals surface area contributed by atoms with Crippen LogP contribution in [0.4, 0.5) is 5.69 Å². The molecule has 0 radical (unpaired) electrons. The maximum atomic E-state index is 12.2. The number of hydrogen-bond donors (Lipinski definition) is 2. The van der Waals surface area contributed by atoms with Crippen molar-refractivity contribution in [2.45, 2.75) is 23.1 Å². The zero-order valence-electron chi connectivity index (χ0n) is 14.4. The van der Waals surface area contributed by atoms with Gasteiger partial charge in [0.25, 0.3) is 0 Å². The zero-order valence-corrected chi connectivity index (χ0v) is 16.0. The van der Waals surface area contributed by atoms with Crippen LogP contribution in [-0.2, 0) is 24.7 Å². The highest BCUT2D eigenvalue weighted by atomic mass is 32.2. The van der Waals surface area contributed by atoms with E-state index in [1.54, 1.807) is 12.1 Å². The van der Waals surface area contributed by atoms with E-state index in [4.69, 9.17) is 0 Å². The van der Waals surface area contributed by atoms with Crippen molar-refractivity contribution in [2.75, 3.05) is 18.1 Å². The number of nitrogens with one attached hydrogen (secondary N) is 2. The summed E-state index contributed by atoms with van der Waals surface area (Å²) in [5.41, 5.74) is 1.34. The highest BCUT2D eigenvalue weighted by Crippen LogP contribution is 2.16. The zero-order chi connectivity index (χ0) is 19.4. The quantitative estimate of drug-likeness (QED) is 0.740. The van der Waals surface area contributed by atoms with E-state index in [1.165, 1.54) is 43.4 Å². The number of sulfone groups is 1. The van der Waals surface area contributed by atoms with Gasteiger partial charge in [0.05, 0.1) is 15.5 Å². The SMILES string of the molecule is CNS(=O)(=O)c1ccc(NC(=O)CCS(=O)(=O)c2ccc(C)cc2)cc1. The first-order valence-electron chi connectivity index (χ1n) is 7.77. The molecule has 0 fully saturated rings. The van der Waals surface area contributed by atoms with Crippen LogP contribution in [0, 0.1) is 6.92 Å². The number of anilines is 1. The van der Waals surface area contributed by atoms with Crippen LogP contribution in [0.15, 0.2) is 58.3 Å². The molecule has 0 unspecified atom stereocenters. The Bertz CT molecular complexity index is 980. The van der Waals surface area contributed by atoms with Crippen LogP contribution in [0.5, 0.6) is 0 Å². The fourth-order valence-corrected chi connectivity index (χ4v) is 4.12. The van der Waals surface area contributed by atoms with E-state index in [1.807, 2.05) is 6.92 Å². The van der Waals surface area contributed by atoms with Crippen LogP contribution in [0.3, 0.4) is 0 Å². The van der Waals surface area contributed by atoms with Crippen molar-refractivity contribution in [1.29, 1.82) is 0 Å². The average Bonchev–Trinajstić information content (AvgIpc) is 2.61. The molecule has 0 saturated heterocycles. The van der Waals surface area contributed by atoms with Crippen molar-refractivity contribution in [3.8, 4) is 0 Å². The number of sulfonamides is 1. The molecule has 9 heteroatoms. The van der Waals surface area contributed by atoms with Gasteiger partial charge in [0.2, 0.25) is 15.9 Å². The van der Waals surface area contributed by atoms with Crippen LogP contribution in [-0.4, -0.2) is 35.5 Å². The number of hydrogen-bond acceptors (Lipinski definition) is 5. The second-order valence-corrected chi connectivity index (χ2v) is 9.66. The van der Waals surface area contributed by atoms with Crippen molar-refractivity contribution < 1.29 is 21.6 Å². The van der Waals surface area contributed by atoms with Gasteiger partial charge in [-0.05, 0) is 50.4 Å². The molecule has 1 amide bonds. The monoisotopic (exact) mass is 396 g/mol. The lowest BCUT2D eigenvalue weighted by atomic mass is 10.2. The fraction of sp³-hybridized carbons (Fsp3) is 0.235. The van der Waals surface area contributed by atoms with Crippen LogP contribution in [0.25, 0.3) is 0 Å². The third-order valence-electron chi connectivity index (χ3n) is 3.70. The second kappa shape index (κ2) is 7.98. The largest absolute Gasteiger partial charge is 0.326 e. The van der Waals surface area contributed by atoms with Crippen molar-refractivity contribution in [2.24, 2.45) is 0 Å². The minimum absolute atomic E-state index is 0.0694. The van der Waals surface area contributed by atoms with Crippen molar-refractivity contribution in [3.05, 3.63) is 54.1 Å². The van der Waals surface area contributed by atoms with Gasteiger partial charge in [0.15, 0.2) is 9.84 Å². The van der Waals surface area contributed by atoms with E-state index in [0.29, 0.717) is 5.69 Å². The first-order chi connectivity index (χ1) is 12.1. The molecule has 7 nitrogen and oxygen atoms in total. The minimum Gasteiger partial charge on any atom is -0.326 e. The van der Waals surface area contributed by atoms with E-state index in [-0.39, 0.29) is 22.0 Å². The Kier molecular flexibility index (Phi) is 6.17. The van der Waals surface area contributed by atoms with Gasteiger partial charge in [-0.1, -0.05) is 17.7 Å². The molecule has 2 N–H and O–H groups in total. The van der Waals surface area contributed by atoms with Gasteiger partial charge < -0.3 is 5.32 Å². The van der Waals surface area contributed by atoms with Crippen molar-refractivity contribution in [1.82, 2.24) is 4.72 Å². The normalized spacial score (nSPS) is 11.9. The fourth-order valence-electron chi connectivity index (χ4n) is 2.15. The molecule has 0 spiro atoms. The molecule has 26 heavy (non-hydrogen) atoms. The molecule has 2 aromatic rings. The topological polar surface area (TPSA) is 109 Å². The average molecular weight is 396 g/mol. The molecule has 0 atom stereocenters. The van der Waals surface area contributed by atoms with E-state index in [0.717, 1.165) is 5.56 Å². The Morgan fingerprint density at radius 3 is 1.96 bits per heavy atom. The van der Waals surface area contributed by atoms with E-state index in [2.05, 4.69) is 10.0 Å². The summed E-state index contributed by atoms with van der Waals surface area (Å²) in [5.74, 6) is -0.779. The smallest absolute Gasteiger partial charge is 0.240 e. The summed E-state index contributed by atoms with van der Waals surface area (Å²) >= 11 is 0. The standard InChI is InChI=1S/C17H20N2O5S2/c1-13-3-7-15(8-4-13)25(21,22)12-11-17(20)19-14-5-9-16(10-6-14)26(23,24)18-2/h3-10,18H,11-12H2,1-2H3,(H,19,20). The van der Waals surface area contributed by atoms with Crippen LogP contribution >= 0.6 is 0 Å². The molecular weight excluding hydrogens is 376 g/mol. The third kappa shape index (κ3) is 5.13. The molecule has 0 aliphatic carbocycles. The Morgan fingerprint density at radius 2 is 1.42 bits per heavy atom. The number of carbonyl (C=O) groups excluding carboxylic acids is 1. The summed E-state index contributed by atoms with van der Waals surface area (Å²) in [6.45, 7) is 1.86. The lowest BCUT2D eigenvalue weighted by molar-refractivity contribution is -0.115. The predicted molar refractivity (Wildman–Crippen MR) is 99.2 cm³/mol. The number of rotatable bonds is 7. The van der Waals surface area contributed by atoms with Gasteiger partial charge in [0.1, 0.15) is 0 Å².